The monoisotopic (exact) mass is 285 g/mol. The van der Waals surface area contributed by atoms with E-state index in [1.165, 1.54) is 17.2 Å². The summed E-state index contributed by atoms with van der Waals surface area (Å²) in [6, 6.07) is 11.5. The second kappa shape index (κ2) is 5.76. The van der Waals surface area contributed by atoms with Crippen LogP contribution in [0.5, 0.6) is 5.75 Å². The molecule has 0 radical (unpaired) electrons. The van der Waals surface area contributed by atoms with Gasteiger partial charge in [-0.2, -0.15) is 0 Å². The predicted molar refractivity (Wildman–Crippen MR) is 83.2 cm³/mol. The molecule has 1 unspecified atom stereocenters. The van der Waals surface area contributed by atoms with Crippen molar-refractivity contribution in [2.75, 3.05) is 12.3 Å². The number of fused-ring (bicyclic) bond motifs is 1. The Morgan fingerprint density at radius 1 is 1.29 bits per heavy atom. The predicted octanol–water partition coefficient (Wildman–Crippen LogP) is 4.22. The molecule has 1 atom stereocenters. The summed E-state index contributed by atoms with van der Waals surface area (Å²) in [5.41, 5.74) is 9.74. The molecular weight excluding hydrogens is 265 g/mol. The molecule has 1 aliphatic carbocycles. The van der Waals surface area contributed by atoms with Crippen molar-refractivity contribution >= 4 is 5.69 Å². The van der Waals surface area contributed by atoms with Gasteiger partial charge in [0.05, 0.1) is 6.61 Å². The van der Waals surface area contributed by atoms with E-state index in [1.807, 2.05) is 6.92 Å². The van der Waals surface area contributed by atoms with Gasteiger partial charge >= 0.3 is 0 Å². The Kier molecular flexibility index (Phi) is 3.82. The highest BCUT2D eigenvalue weighted by Crippen LogP contribution is 2.32. The van der Waals surface area contributed by atoms with E-state index in [0.717, 1.165) is 24.8 Å². The van der Waals surface area contributed by atoms with Crippen LogP contribution in [0.1, 0.15) is 35.4 Å². The molecule has 0 fully saturated rings. The van der Waals surface area contributed by atoms with Gasteiger partial charge in [0.1, 0.15) is 0 Å². The van der Waals surface area contributed by atoms with E-state index >= 15 is 0 Å². The summed E-state index contributed by atoms with van der Waals surface area (Å²) >= 11 is 0. The zero-order valence-corrected chi connectivity index (χ0v) is 12.2. The molecule has 0 heterocycles. The molecule has 0 saturated carbocycles. The number of halogens is 1. The molecule has 0 aliphatic heterocycles. The Morgan fingerprint density at radius 2 is 2.10 bits per heavy atom. The van der Waals surface area contributed by atoms with Gasteiger partial charge in [-0.05, 0) is 48.9 Å². The van der Waals surface area contributed by atoms with Crippen molar-refractivity contribution in [2.45, 2.75) is 32.1 Å². The van der Waals surface area contributed by atoms with Gasteiger partial charge < -0.3 is 10.5 Å². The van der Waals surface area contributed by atoms with E-state index in [9.17, 15) is 4.39 Å². The van der Waals surface area contributed by atoms with Crippen molar-refractivity contribution in [1.82, 2.24) is 0 Å². The number of hydrogen-bond acceptors (Lipinski definition) is 2. The van der Waals surface area contributed by atoms with Gasteiger partial charge in [0.2, 0.25) is 0 Å². The molecule has 2 aromatic carbocycles. The van der Waals surface area contributed by atoms with Gasteiger partial charge in [-0.15, -0.1) is 0 Å². The number of benzene rings is 2. The summed E-state index contributed by atoms with van der Waals surface area (Å²) in [5.74, 6) is 0.249. The number of ether oxygens (including phenoxy) is 1. The number of nitrogens with two attached hydrogens (primary N) is 1. The highest BCUT2D eigenvalue weighted by atomic mass is 19.1. The van der Waals surface area contributed by atoms with Crippen LogP contribution in [-0.2, 0) is 6.42 Å². The fourth-order valence-corrected chi connectivity index (χ4v) is 3.00. The zero-order valence-electron chi connectivity index (χ0n) is 12.2. The van der Waals surface area contributed by atoms with E-state index in [4.69, 9.17) is 10.5 Å². The Balaban J connectivity index is 1.76. The Bertz CT molecular complexity index is 654. The average Bonchev–Trinajstić information content (AvgIpc) is 2.49. The SMILES string of the molecule is Cc1cc(OCC2CCCc3ccccc32)c(F)cc1N. The number of aryl methyl sites for hydroxylation is 2. The maximum Gasteiger partial charge on any atom is 0.167 e. The highest BCUT2D eigenvalue weighted by Gasteiger charge is 2.20. The van der Waals surface area contributed by atoms with Crippen molar-refractivity contribution in [1.29, 1.82) is 0 Å². The number of anilines is 1. The summed E-state index contributed by atoms with van der Waals surface area (Å²) in [7, 11) is 0. The van der Waals surface area contributed by atoms with Crippen LogP contribution in [0, 0.1) is 12.7 Å². The van der Waals surface area contributed by atoms with Gasteiger partial charge in [-0.1, -0.05) is 24.3 Å². The maximum absolute atomic E-state index is 13.9. The van der Waals surface area contributed by atoms with Crippen molar-refractivity contribution in [3.63, 3.8) is 0 Å². The van der Waals surface area contributed by atoms with Gasteiger partial charge in [-0.25, -0.2) is 4.39 Å². The lowest BCUT2D eigenvalue weighted by atomic mass is 9.83. The first kappa shape index (κ1) is 13.9. The van der Waals surface area contributed by atoms with Gasteiger partial charge in [0.15, 0.2) is 11.6 Å². The Hall–Kier alpha value is -2.03. The summed E-state index contributed by atoms with van der Waals surface area (Å²) in [5, 5.41) is 0. The smallest absolute Gasteiger partial charge is 0.167 e. The van der Waals surface area contributed by atoms with Crippen LogP contribution >= 0.6 is 0 Å². The average molecular weight is 285 g/mol. The third-order valence-electron chi connectivity index (χ3n) is 4.25. The molecule has 3 rings (SSSR count). The van der Waals surface area contributed by atoms with Gasteiger partial charge in [-0.3, -0.25) is 0 Å². The molecule has 0 spiro atoms. The molecule has 2 aromatic rings. The molecule has 0 amide bonds. The molecule has 0 bridgehead atoms. The van der Waals surface area contributed by atoms with Crippen LogP contribution in [0.25, 0.3) is 0 Å². The largest absolute Gasteiger partial charge is 0.490 e. The molecular formula is C18H20FNO. The third-order valence-corrected chi connectivity index (χ3v) is 4.25. The first-order valence-corrected chi connectivity index (χ1v) is 7.41. The van der Waals surface area contributed by atoms with Gasteiger partial charge in [0.25, 0.3) is 0 Å². The van der Waals surface area contributed by atoms with Crippen LogP contribution < -0.4 is 10.5 Å². The standard InChI is InChI=1S/C18H20FNO/c1-12-9-18(16(19)10-17(12)20)21-11-14-7-4-6-13-5-2-3-8-15(13)14/h2-3,5,8-10,14H,4,6-7,11,20H2,1H3. The first-order chi connectivity index (χ1) is 10.1. The Labute approximate surface area is 124 Å². The van der Waals surface area contributed by atoms with Crippen molar-refractivity contribution in [3.05, 3.63) is 58.9 Å². The molecule has 0 aromatic heterocycles. The summed E-state index contributed by atoms with van der Waals surface area (Å²) < 4.78 is 19.6. The molecule has 0 saturated heterocycles. The fraction of sp³-hybridized carbons (Fsp3) is 0.333. The van der Waals surface area contributed by atoms with Gasteiger partial charge in [0, 0.05) is 17.7 Å². The minimum atomic E-state index is -0.387. The highest BCUT2D eigenvalue weighted by molar-refractivity contribution is 5.50. The molecule has 2 N–H and O–H groups in total. The van der Waals surface area contributed by atoms with E-state index < -0.39 is 0 Å². The summed E-state index contributed by atoms with van der Waals surface area (Å²) in [6.45, 7) is 2.37. The zero-order chi connectivity index (χ0) is 14.8. The topological polar surface area (TPSA) is 35.2 Å². The second-order valence-electron chi connectivity index (χ2n) is 5.74. The van der Waals surface area contributed by atoms with Crippen molar-refractivity contribution in [2.24, 2.45) is 0 Å². The molecule has 1 aliphatic rings. The molecule has 21 heavy (non-hydrogen) atoms. The molecule has 110 valence electrons. The quantitative estimate of drug-likeness (QED) is 0.857. The fourth-order valence-electron chi connectivity index (χ4n) is 3.00. The second-order valence-corrected chi connectivity index (χ2v) is 5.74. The minimum Gasteiger partial charge on any atom is -0.490 e. The Morgan fingerprint density at radius 3 is 2.95 bits per heavy atom. The van der Waals surface area contributed by atoms with Crippen LogP contribution in [-0.4, -0.2) is 6.61 Å². The van der Waals surface area contributed by atoms with Crippen molar-refractivity contribution in [3.8, 4) is 5.75 Å². The van der Waals surface area contributed by atoms with E-state index in [2.05, 4.69) is 24.3 Å². The summed E-state index contributed by atoms with van der Waals surface area (Å²) in [6.07, 6.45) is 3.38. The molecule has 3 heteroatoms. The van der Waals surface area contributed by atoms with Crippen LogP contribution in [0.2, 0.25) is 0 Å². The lowest BCUT2D eigenvalue weighted by Crippen LogP contribution is -2.17. The van der Waals surface area contributed by atoms with Crippen molar-refractivity contribution < 1.29 is 9.13 Å². The summed E-state index contributed by atoms with van der Waals surface area (Å²) in [4.78, 5) is 0. The normalized spacial score (nSPS) is 17.3. The first-order valence-electron chi connectivity index (χ1n) is 7.41. The van der Waals surface area contributed by atoms with Crippen LogP contribution in [0.15, 0.2) is 36.4 Å². The third kappa shape index (κ3) is 2.87. The maximum atomic E-state index is 13.9. The molecule has 2 nitrogen and oxygen atoms in total. The van der Waals surface area contributed by atoms with E-state index in [-0.39, 0.29) is 5.82 Å². The number of hydrogen-bond donors (Lipinski definition) is 1. The van der Waals surface area contributed by atoms with E-state index in [1.54, 1.807) is 6.07 Å². The minimum absolute atomic E-state index is 0.296. The number of rotatable bonds is 3. The number of nitrogen functional groups attached to an aromatic ring is 1. The lowest BCUT2D eigenvalue weighted by molar-refractivity contribution is 0.263. The lowest BCUT2D eigenvalue weighted by Gasteiger charge is -2.25. The van der Waals surface area contributed by atoms with Crippen LogP contribution in [0.3, 0.4) is 0 Å². The van der Waals surface area contributed by atoms with E-state index in [0.29, 0.717) is 24.0 Å². The van der Waals surface area contributed by atoms with Crippen LogP contribution in [0.4, 0.5) is 10.1 Å².